The zero-order valence-electron chi connectivity index (χ0n) is 24.0. The lowest BCUT2D eigenvalue weighted by Crippen LogP contribution is -2.51. The van der Waals surface area contributed by atoms with Crippen LogP contribution in [-0.4, -0.2) is 44.3 Å². The summed E-state index contributed by atoms with van der Waals surface area (Å²) in [4.78, 5) is 28.5. The van der Waals surface area contributed by atoms with E-state index < -0.39 is 28.5 Å². The van der Waals surface area contributed by atoms with Crippen LogP contribution in [0.3, 0.4) is 0 Å². The van der Waals surface area contributed by atoms with Gasteiger partial charge in [0, 0.05) is 17.6 Å². The highest BCUT2D eigenvalue weighted by atomic mass is 79.9. The normalized spacial score (nSPS) is 11.8. The third-order valence-electron chi connectivity index (χ3n) is 6.70. The van der Waals surface area contributed by atoms with Crippen molar-refractivity contribution in [3.05, 3.63) is 119 Å². The van der Waals surface area contributed by atoms with Crippen molar-refractivity contribution < 1.29 is 22.7 Å². The molecule has 4 aromatic carbocycles. The molecule has 43 heavy (non-hydrogen) atoms. The van der Waals surface area contributed by atoms with Gasteiger partial charge < -0.3 is 15.0 Å². The first kappa shape index (κ1) is 31.8. The summed E-state index contributed by atoms with van der Waals surface area (Å²) in [6.07, 6.45) is 0.742. The number of ether oxygens (including phenoxy) is 1. The van der Waals surface area contributed by atoms with Gasteiger partial charge >= 0.3 is 0 Å². The molecule has 0 saturated carbocycles. The summed E-state index contributed by atoms with van der Waals surface area (Å²) >= 11 is 3.42. The third kappa shape index (κ3) is 8.46. The maximum absolute atomic E-state index is 14.0. The molecule has 0 spiro atoms. The summed E-state index contributed by atoms with van der Waals surface area (Å²) in [6, 6.07) is 30.2. The number of benzene rings is 4. The van der Waals surface area contributed by atoms with E-state index >= 15 is 0 Å². The Bertz CT molecular complexity index is 1600. The second kappa shape index (κ2) is 14.8. The number of hydrogen-bond acceptors (Lipinski definition) is 5. The van der Waals surface area contributed by atoms with Crippen molar-refractivity contribution in [1.82, 2.24) is 10.2 Å². The van der Waals surface area contributed by atoms with Crippen LogP contribution in [0.25, 0.3) is 0 Å². The summed E-state index contributed by atoms with van der Waals surface area (Å²) in [6.45, 7) is 3.66. The number of hydrogen-bond donors (Lipinski definition) is 1. The van der Waals surface area contributed by atoms with Crippen LogP contribution in [0.5, 0.6) is 11.5 Å². The smallest absolute Gasteiger partial charge is 0.264 e. The lowest BCUT2D eigenvalue weighted by atomic mass is 10.1. The van der Waals surface area contributed by atoms with Gasteiger partial charge in [-0.3, -0.25) is 13.9 Å². The minimum atomic E-state index is -4.15. The topological polar surface area (TPSA) is 96.0 Å². The Hall–Kier alpha value is -4.15. The van der Waals surface area contributed by atoms with Crippen LogP contribution in [0.4, 0.5) is 5.69 Å². The van der Waals surface area contributed by atoms with Gasteiger partial charge in [0.15, 0.2) is 0 Å². The van der Waals surface area contributed by atoms with Gasteiger partial charge in [0.05, 0.1) is 10.6 Å². The Morgan fingerprint density at radius 2 is 1.42 bits per heavy atom. The number of anilines is 1. The standard InChI is InChI=1S/C33H34BrN3O5S/c1-3-22-35-33(39)25(2)36(23-26-14-16-27(34)17-15-26)32(38)24-37(43(40,41)31-12-8-5-9-13-31)28-18-20-30(21-19-28)42-29-10-6-4-7-11-29/h4-21,25H,3,22-24H2,1-2H3,(H,35,39)/t25-/m1/s1. The monoisotopic (exact) mass is 663 g/mol. The van der Waals surface area contributed by atoms with Crippen LogP contribution in [0.15, 0.2) is 119 Å². The number of rotatable bonds is 13. The van der Waals surface area contributed by atoms with Crippen LogP contribution in [0.1, 0.15) is 25.8 Å². The zero-order valence-corrected chi connectivity index (χ0v) is 26.4. The molecule has 0 fully saturated rings. The molecule has 0 saturated heterocycles. The number of halogens is 1. The van der Waals surface area contributed by atoms with Gasteiger partial charge in [0.25, 0.3) is 10.0 Å². The number of carbonyl (C=O) groups is 2. The third-order valence-corrected chi connectivity index (χ3v) is 9.01. The fraction of sp³-hybridized carbons (Fsp3) is 0.212. The summed E-state index contributed by atoms with van der Waals surface area (Å²) in [7, 11) is -4.15. The Kier molecular flexibility index (Phi) is 11.0. The second-order valence-electron chi connectivity index (χ2n) is 9.85. The predicted molar refractivity (Wildman–Crippen MR) is 171 cm³/mol. The highest BCUT2D eigenvalue weighted by Gasteiger charge is 2.32. The molecule has 4 rings (SSSR count). The van der Waals surface area contributed by atoms with Crippen molar-refractivity contribution >= 4 is 43.5 Å². The van der Waals surface area contributed by atoms with E-state index in [2.05, 4.69) is 21.2 Å². The number of nitrogens with zero attached hydrogens (tertiary/aromatic N) is 2. The SMILES string of the molecule is CCCNC(=O)[C@@H](C)N(Cc1ccc(Br)cc1)C(=O)CN(c1ccc(Oc2ccccc2)cc1)S(=O)(=O)c1ccccc1. The largest absolute Gasteiger partial charge is 0.457 e. The maximum atomic E-state index is 14.0. The number of amides is 2. The van der Waals surface area contributed by atoms with Crippen LogP contribution in [0.2, 0.25) is 0 Å². The summed E-state index contributed by atoms with van der Waals surface area (Å²) in [5.74, 6) is 0.313. The predicted octanol–water partition coefficient (Wildman–Crippen LogP) is 6.38. The van der Waals surface area contributed by atoms with Crippen molar-refractivity contribution in [2.45, 2.75) is 37.8 Å². The van der Waals surface area contributed by atoms with E-state index in [-0.39, 0.29) is 23.0 Å². The zero-order chi connectivity index (χ0) is 30.8. The van der Waals surface area contributed by atoms with E-state index in [1.54, 1.807) is 49.4 Å². The summed E-state index contributed by atoms with van der Waals surface area (Å²) in [5, 5.41) is 2.84. The van der Waals surface area contributed by atoms with E-state index in [9.17, 15) is 18.0 Å². The fourth-order valence-corrected chi connectivity index (χ4v) is 6.02. The second-order valence-corrected chi connectivity index (χ2v) is 12.6. The molecule has 10 heteroatoms. The van der Waals surface area contributed by atoms with Crippen molar-refractivity contribution in [3.63, 3.8) is 0 Å². The van der Waals surface area contributed by atoms with Crippen LogP contribution >= 0.6 is 15.9 Å². The highest BCUT2D eigenvalue weighted by molar-refractivity contribution is 9.10. The average Bonchev–Trinajstić information content (AvgIpc) is 3.03. The average molecular weight is 665 g/mol. The van der Waals surface area contributed by atoms with Crippen molar-refractivity contribution in [2.24, 2.45) is 0 Å². The molecule has 8 nitrogen and oxygen atoms in total. The Labute approximate surface area is 261 Å². The minimum absolute atomic E-state index is 0.0422. The first-order valence-electron chi connectivity index (χ1n) is 13.9. The molecule has 0 bridgehead atoms. The lowest BCUT2D eigenvalue weighted by Gasteiger charge is -2.32. The van der Waals surface area contributed by atoms with E-state index in [0.29, 0.717) is 18.0 Å². The molecule has 0 aromatic heterocycles. The minimum Gasteiger partial charge on any atom is -0.457 e. The quantitative estimate of drug-likeness (QED) is 0.179. The molecule has 0 heterocycles. The molecular formula is C33H34BrN3O5S. The van der Waals surface area contributed by atoms with Gasteiger partial charge in [0.1, 0.15) is 24.1 Å². The molecule has 0 aliphatic carbocycles. The van der Waals surface area contributed by atoms with Crippen LogP contribution < -0.4 is 14.4 Å². The van der Waals surface area contributed by atoms with Gasteiger partial charge in [-0.2, -0.15) is 0 Å². The number of carbonyl (C=O) groups excluding carboxylic acids is 2. The number of sulfonamides is 1. The number of para-hydroxylation sites is 1. The molecule has 0 radical (unpaired) electrons. The highest BCUT2D eigenvalue weighted by Crippen LogP contribution is 2.28. The number of nitrogens with one attached hydrogen (secondary N) is 1. The van der Waals surface area contributed by atoms with Crippen LogP contribution in [-0.2, 0) is 26.2 Å². The summed E-state index contributed by atoms with van der Waals surface area (Å²) < 4.78 is 35.7. The molecular weight excluding hydrogens is 630 g/mol. The van der Waals surface area contributed by atoms with Crippen molar-refractivity contribution in [2.75, 3.05) is 17.4 Å². The first-order valence-corrected chi connectivity index (χ1v) is 16.1. The molecule has 0 unspecified atom stereocenters. The van der Waals surface area contributed by atoms with Crippen molar-refractivity contribution in [3.8, 4) is 11.5 Å². The van der Waals surface area contributed by atoms with E-state index in [1.165, 1.54) is 17.0 Å². The van der Waals surface area contributed by atoms with Crippen molar-refractivity contribution in [1.29, 1.82) is 0 Å². The van der Waals surface area contributed by atoms with Gasteiger partial charge in [-0.25, -0.2) is 8.42 Å². The molecule has 1 atom stereocenters. The van der Waals surface area contributed by atoms with Gasteiger partial charge in [-0.05, 0) is 79.6 Å². The molecule has 1 N–H and O–H groups in total. The molecule has 224 valence electrons. The van der Waals surface area contributed by atoms with E-state index in [4.69, 9.17) is 4.74 Å². The van der Waals surface area contributed by atoms with E-state index in [0.717, 1.165) is 20.8 Å². The summed E-state index contributed by atoms with van der Waals surface area (Å²) in [5.41, 5.74) is 1.08. The van der Waals surface area contributed by atoms with Crippen LogP contribution in [0, 0.1) is 0 Å². The first-order chi connectivity index (χ1) is 20.7. The lowest BCUT2D eigenvalue weighted by molar-refractivity contribution is -0.139. The molecule has 0 aliphatic heterocycles. The van der Waals surface area contributed by atoms with Gasteiger partial charge in [0.2, 0.25) is 11.8 Å². The Morgan fingerprint density at radius 3 is 2.02 bits per heavy atom. The van der Waals surface area contributed by atoms with Gasteiger partial charge in [-0.1, -0.05) is 71.4 Å². The molecule has 2 amide bonds. The Balaban J connectivity index is 1.68. The molecule has 4 aromatic rings. The maximum Gasteiger partial charge on any atom is 0.264 e. The van der Waals surface area contributed by atoms with E-state index in [1.807, 2.05) is 61.5 Å². The Morgan fingerprint density at radius 1 is 0.837 bits per heavy atom. The molecule has 0 aliphatic rings. The fourth-order valence-electron chi connectivity index (χ4n) is 4.32. The van der Waals surface area contributed by atoms with Gasteiger partial charge in [-0.15, -0.1) is 0 Å².